The Morgan fingerprint density at radius 1 is 1.22 bits per heavy atom. The average Bonchev–Trinajstić information content (AvgIpc) is 2.25. The first-order valence-corrected chi connectivity index (χ1v) is 7.14. The molecule has 0 radical (unpaired) electrons. The van der Waals surface area contributed by atoms with Crippen LogP contribution in [0, 0.1) is 12.3 Å². The van der Waals surface area contributed by atoms with Gasteiger partial charge >= 0.3 is 0 Å². The molecule has 0 aliphatic carbocycles. The minimum absolute atomic E-state index is 0.0502. The molecule has 18 heavy (non-hydrogen) atoms. The van der Waals surface area contributed by atoms with Gasteiger partial charge in [0.2, 0.25) is 0 Å². The maximum absolute atomic E-state index is 13.6. The molecule has 5 heteroatoms. The van der Waals surface area contributed by atoms with E-state index in [0.717, 1.165) is 5.56 Å². The van der Waals surface area contributed by atoms with Crippen LogP contribution in [0.4, 0.5) is 4.39 Å². The Kier molecular flexibility index (Phi) is 4.50. The van der Waals surface area contributed by atoms with E-state index in [1.807, 2.05) is 6.92 Å². The van der Waals surface area contributed by atoms with Gasteiger partial charge in [-0.25, -0.2) is 4.39 Å². The highest BCUT2D eigenvalue weighted by Gasteiger charge is 2.27. The molecule has 0 saturated carbocycles. The fourth-order valence-electron chi connectivity index (χ4n) is 1.17. The standard InChI is InChI=1S/C13H19FO3S/c1-10-5-7-11(8-6-10)18(15,16)17-9-12(14)13(2,3)4/h5-8,12H,9H2,1-4H3. The Labute approximate surface area is 108 Å². The maximum Gasteiger partial charge on any atom is 0.297 e. The quantitative estimate of drug-likeness (QED) is 0.792. The van der Waals surface area contributed by atoms with Crippen molar-refractivity contribution in [2.45, 2.75) is 38.8 Å². The number of alkyl halides is 1. The van der Waals surface area contributed by atoms with Gasteiger partial charge in [0.1, 0.15) is 6.17 Å². The van der Waals surface area contributed by atoms with E-state index in [0.29, 0.717) is 0 Å². The topological polar surface area (TPSA) is 43.4 Å². The molecule has 0 aromatic heterocycles. The molecule has 3 nitrogen and oxygen atoms in total. The van der Waals surface area contributed by atoms with Gasteiger partial charge in [-0.05, 0) is 24.5 Å². The number of rotatable bonds is 4. The summed E-state index contributed by atoms with van der Waals surface area (Å²) in [5, 5.41) is 0. The third kappa shape index (κ3) is 4.07. The van der Waals surface area contributed by atoms with Gasteiger partial charge in [0.25, 0.3) is 10.1 Å². The van der Waals surface area contributed by atoms with Crippen LogP contribution in [-0.4, -0.2) is 21.2 Å². The molecule has 1 aromatic carbocycles. The van der Waals surface area contributed by atoms with Crippen molar-refractivity contribution in [1.29, 1.82) is 0 Å². The van der Waals surface area contributed by atoms with Crippen molar-refractivity contribution in [2.24, 2.45) is 5.41 Å². The number of aryl methyl sites for hydroxylation is 1. The van der Waals surface area contributed by atoms with Crippen molar-refractivity contribution >= 4 is 10.1 Å². The molecule has 0 bridgehead atoms. The van der Waals surface area contributed by atoms with Gasteiger partial charge in [-0.2, -0.15) is 8.42 Å². The minimum Gasteiger partial charge on any atom is -0.263 e. The van der Waals surface area contributed by atoms with Gasteiger partial charge in [-0.3, -0.25) is 4.18 Å². The van der Waals surface area contributed by atoms with Crippen molar-refractivity contribution in [1.82, 2.24) is 0 Å². The second-order valence-electron chi connectivity index (χ2n) is 5.39. The molecule has 0 spiro atoms. The van der Waals surface area contributed by atoms with Gasteiger partial charge < -0.3 is 0 Å². The molecule has 0 heterocycles. The van der Waals surface area contributed by atoms with Crippen molar-refractivity contribution in [3.05, 3.63) is 29.8 Å². The molecule has 0 aliphatic heterocycles. The van der Waals surface area contributed by atoms with Gasteiger partial charge in [0, 0.05) is 0 Å². The minimum atomic E-state index is -3.87. The first-order valence-electron chi connectivity index (χ1n) is 5.73. The van der Waals surface area contributed by atoms with Crippen molar-refractivity contribution < 1.29 is 17.0 Å². The highest BCUT2D eigenvalue weighted by molar-refractivity contribution is 7.86. The number of benzene rings is 1. The van der Waals surface area contributed by atoms with Crippen molar-refractivity contribution in [2.75, 3.05) is 6.61 Å². The summed E-state index contributed by atoms with van der Waals surface area (Å²) in [4.78, 5) is 0.0502. The van der Waals surface area contributed by atoms with Crippen LogP contribution in [0.15, 0.2) is 29.2 Å². The summed E-state index contributed by atoms with van der Waals surface area (Å²) in [7, 11) is -3.87. The fraction of sp³-hybridized carbons (Fsp3) is 0.538. The second kappa shape index (κ2) is 5.36. The summed E-state index contributed by atoms with van der Waals surface area (Å²) in [6.45, 7) is 6.48. The zero-order valence-corrected chi connectivity index (χ0v) is 11.9. The summed E-state index contributed by atoms with van der Waals surface area (Å²) in [5.41, 5.74) is 0.315. The number of halogens is 1. The molecule has 0 aliphatic rings. The first kappa shape index (κ1) is 15.1. The van der Waals surface area contributed by atoms with Crippen LogP contribution in [-0.2, 0) is 14.3 Å². The Hall–Kier alpha value is -0.940. The molecule has 0 amide bonds. The molecule has 0 N–H and O–H groups in total. The highest BCUT2D eigenvalue weighted by Crippen LogP contribution is 2.24. The summed E-state index contributed by atoms with van der Waals surface area (Å²) in [6.07, 6.45) is -1.34. The van der Waals surface area contributed by atoms with Crippen LogP contribution in [0.2, 0.25) is 0 Å². The predicted octanol–water partition coefficient (Wildman–Crippen LogP) is 3.08. The molecule has 1 aromatic rings. The SMILES string of the molecule is Cc1ccc(S(=O)(=O)OCC(F)C(C)(C)C)cc1. The van der Waals surface area contributed by atoms with Crippen LogP contribution in [0.1, 0.15) is 26.3 Å². The molecular weight excluding hydrogens is 255 g/mol. The van der Waals surface area contributed by atoms with Gasteiger partial charge in [0.15, 0.2) is 0 Å². The monoisotopic (exact) mass is 274 g/mol. The molecule has 1 unspecified atom stereocenters. The van der Waals surface area contributed by atoms with Crippen molar-refractivity contribution in [3.8, 4) is 0 Å². The lowest BCUT2D eigenvalue weighted by Gasteiger charge is -2.22. The summed E-state index contributed by atoms with van der Waals surface area (Å²) >= 11 is 0. The normalized spacial score (nSPS) is 14.5. The van der Waals surface area contributed by atoms with E-state index >= 15 is 0 Å². The Balaban J connectivity index is 2.75. The smallest absolute Gasteiger partial charge is 0.263 e. The zero-order valence-electron chi connectivity index (χ0n) is 11.1. The van der Waals surface area contributed by atoms with E-state index in [1.54, 1.807) is 32.9 Å². The largest absolute Gasteiger partial charge is 0.297 e. The van der Waals surface area contributed by atoms with E-state index in [9.17, 15) is 12.8 Å². The molecule has 1 rings (SSSR count). The molecule has 0 saturated heterocycles. The van der Waals surface area contributed by atoms with Crippen molar-refractivity contribution in [3.63, 3.8) is 0 Å². The van der Waals surface area contributed by atoms with Crippen LogP contribution >= 0.6 is 0 Å². The van der Waals surface area contributed by atoms with E-state index < -0.39 is 28.3 Å². The average molecular weight is 274 g/mol. The van der Waals surface area contributed by atoms with Crippen LogP contribution in [0.5, 0.6) is 0 Å². The van der Waals surface area contributed by atoms with E-state index in [1.165, 1.54) is 12.1 Å². The number of hydrogen-bond acceptors (Lipinski definition) is 3. The zero-order chi connectivity index (χ0) is 14.0. The van der Waals surface area contributed by atoms with Crippen LogP contribution in [0.25, 0.3) is 0 Å². The van der Waals surface area contributed by atoms with Crippen LogP contribution < -0.4 is 0 Å². The third-order valence-corrected chi connectivity index (χ3v) is 3.91. The Morgan fingerprint density at radius 3 is 2.17 bits per heavy atom. The van der Waals surface area contributed by atoms with Gasteiger partial charge in [-0.15, -0.1) is 0 Å². The number of hydrogen-bond donors (Lipinski definition) is 0. The molecule has 0 fully saturated rings. The lowest BCUT2D eigenvalue weighted by molar-refractivity contribution is 0.101. The lowest BCUT2D eigenvalue weighted by atomic mass is 9.91. The molecule has 102 valence electrons. The van der Waals surface area contributed by atoms with Gasteiger partial charge in [-0.1, -0.05) is 38.5 Å². The fourth-order valence-corrected chi connectivity index (χ4v) is 2.08. The highest BCUT2D eigenvalue weighted by atomic mass is 32.2. The summed E-state index contributed by atoms with van der Waals surface area (Å²) in [5.74, 6) is 0. The molecular formula is C13H19FO3S. The van der Waals surface area contributed by atoms with E-state index in [2.05, 4.69) is 0 Å². The first-order chi connectivity index (χ1) is 8.13. The maximum atomic E-state index is 13.6. The lowest BCUT2D eigenvalue weighted by Crippen LogP contribution is -2.28. The van der Waals surface area contributed by atoms with E-state index in [4.69, 9.17) is 4.18 Å². The second-order valence-corrected chi connectivity index (χ2v) is 7.00. The molecule has 1 atom stereocenters. The Bertz CT molecular complexity index is 486. The Morgan fingerprint density at radius 2 is 1.72 bits per heavy atom. The predicted molar refractivity (Wildman–Crippen MR) is 68.7 cm³/mol. The van der Waals surface area contributed by atoms with Crippen LogP contribution in [0.3, 0.4) is 0 Å². The third-order valence-electron chi connectivity index (χ3n) is 2.62. The van der Waals surface area contributed by atoms with E-state index in [-0.39, 0.29) is 4.90 Å². The summed E-state index contributed by atoms with van der Waals surface area (Å²) in [6, 6.07) is 6.25. The summed E-state index contributed by atoms with van der Waals surface area (Å²) < 4.78 is 41.9. The van der Waals surface area contributed by atoms with Gasteiger partial charge in [0.05, 0.1) is 11.5 Å².